The molecule has 0 radical (unpaired) electrons. The van der Waals surface area contributed by atoms with E-state index in [2.05, 4.69) is 20.8 Å². The van der Waals surface area contributed by atoms with Crippen LogP contribution in [-0.4, -0.2) is 22.5 Å². The Morgan fingerprint density at radius 2 is 1.88 bits per heavy atom. The number of hydrogen-bond donors (Lipinski definition) is 0. The predicted octanol–water partition coefficient (Wildman–Crippen LogP) is 4.51. The summed E-state index contributed by atoms with van der Waals surface area (Å²) >= 11 is 3.64. The van der Waals surface area contributed by atoms with E-state index in [0.29, 0.717) is 11.7 Å². The summed E-state index contributed by atoms with van der Waals surface area (Å²) in [7, 11) is 0. The molecule has 0 fully saturated rings. The largest absolute Gasteiger partial charge is 0.294 e. The molecule has 0 aromatic heterocycles. The van der Waals surface area contributed by atoms with Crippen molar-refractivity contribution in [2.24, 2.45) is 0 Å². The lowest BCUT2D eigenvalue weighted by Gasteiger charge is -2.05. The molecule has 0 spiro atoms. The van der Waals surface area contributed by atoms with Crippen LogP contribution in [0.2, 0.25) is 0 Å². The standard InChI is InChI=1S/C14H20OS2/c1-4-16-13-7-5-12(6-8-13)14(15)9-10-17-11(2)3/h5-8,11H,4,9-10H2,1-3H3. The van der Waals surface area contributed by atoms with Gasteiger partial charge < -0.3 is 0 Å². The van der Waals surface area contributed by atoms with Crippen LogP contribution in [0.15, 0.2) is 29.2 Å². The minimum Gasteiger partial charge on any atom is -0.294 e. The Morgan fingerprint density at radius 1 is 1.24 bits per heavy atom. The van der Waals surface area contributed by atoms with E-state index in [9.17, 15) is 4.79 Å². The Kier molecular flexibility index (Phi) is 6.75. The second kappa shape index (κ2) is 7.83. The zero-order valence-electron chi connectivity index (χ0n) is 10.7. The van der Waals surface area contributed by atoms with Gasteiger partial charge in [-0.3, -0.25) is 4.79 Å². The van der Waals surface area contributed by atoms with E-state index in [4.69, 9.17) is 0 Å². The van der Waals surface area contributed by atoms with Crippen molar-refractivity contribution in [1.82, 2.24) is 0 Å². The Balaban J connectivity index is 2.46. The fourth-order valence-corrected chi connectivity index (χ4v) is 2.87. The Labute approximate surface area is 113 Å². The molecule has 0 unspecified atom stereocenters. The number of thioether (sulfide) groups is 2. The molecule has 94 valence electrons. The Bertz CT molecular complexity index is 344. The van der Waals surface area contributed by atoms with E-state index in [-0.39, 0.29) is 5.78 Å². The number of hydrogen-bond acceptors (Lipinski definition) is 3. The van der Waals surface area contributed by atoms with Crippen LogP contribution in [-0.2, 0) is 0 Å². The second-order valence-electron chi connectivity index (χ2n) is 4.05. The Morgan fingerprint density at radius 3 is 2.41 bits per heavy atom. The average molecular weight is 268 g/mol. The smallest absolute Gasteiger partial charge is 0.163 e. The van der Waals surface area contributed by atoms with Gasteiger partial charge in [-0.15, -0.1) is 11.8 Å². The number of Topliss-reactive ketones (excluding diaryl/α,β-unsaturated/α-hetero) is 1. The third-order valence-corrected chi connectivity index (χ3v) is 4.27. The summed E-state index contributed by atoms with van der Waals surface area (Å²) in [6.07, 6.45) is 0.642. The summed E-state index contributed by atoms with van der Waals surface area (Å²) in [4.78, 5) is 13.1. The molecule has 1 aromatic rings. The van der Waals surface area contributed by atoms with Crippen molar-refractivity contribution in [2.75, 3.05) is 11.5 Å². The van der Waals surface area contributed by atoms with Gasteiger partial charge in [0, 0.05) is 22.6 Å². The van der Waals surface area contributed by atoms with Gasteiger partial charge in [0.1, 0.15) is 0 Å². The van der Waals surface area contributed by atoms with Gasteiger partial charge in [-0.2, -0.15) is 11.8 Å². The van der Waals surface area contributed by atoms with E-state index in [1.807, 2.05) is 36.0 Å². The monoisotopic (exact) mass is 268 g/mol. The summed E-state index contributed by atoms with van der Waals surface area (Å²) in [5.41, 5.74) is 0.842. The van der Waals surface area contributed by atoms with Crippen LogP contribution in [0.5, 0.6) is 0 Å². The highest BCUT2D eigenvalue weighted by Crippen LogP contribution is 2.19. The Hall–Kier alpha value is -0.410. The number of ketones is 1. The van der Waals surface area contributed by atoms with Crippen molar-refractivity contribution in [3.05, 3.63) is 29.8 Å². The van der Waals surface area contributed by atoms with Gasteiger partial charge in [-0.1, -0.05) is 32.9 Å². The van der Waals surface area contributed by atoms with E-state index < -0.39 is 0 Å². The van der Waals surface area contributed by atoms with Crippen LogP contribution >= 0.6 is 23.5 Å². The third kappa shape index (κ3) is 5.64. The van der Waals surface area contributed by atoms with Gasteiger partial charge in [0.25, 0.3) is 0 Å². The highest BCUT2D eigenvalue weighted by atomic mass is 32.2. The molecular formula is C14H20OS2. The maximum Gasteiger partial charge on any atom is 0.163 e. The molecule has 0 saturated carbocycles. The molecule has 1 rings (SSSR count). The lowest BCUT2D eigenvalue weighted by molar-refractivity contribution is 0.0989. The number of benzene rings is 1. The minimum atomic E-state index is 0.256. The van der Waals surface area contributed by atoms with Crippen molar-refractivity contribution in [3.8, 4) is 0 Å². The van der Waals surface area contributed by atoms with Crippen LogP contribution in [0.25, 0.3) is 0 Å². The molecule has 0 amide bonds. The zero-order chi connectivity index (χ0) is 12.7. The summed E-state index contributed by atoms with van der Waals surface area (Å²) in [6.45, 7) is 6.45. The molecule has 1 aromatic carbocycles. The quantitative estimate of drug-likeness (QED) is 0.535. The van der Waals surface area contributed by atoms with Crippen LogP contribution in [0, 0.1) is 0 Å². The van der Waals surface area contributed by atoms with Gasteiger partial charge in [0.05, 0.1) is 0 Å². The van der Waals surface area contributed by atoms with Gasteiger partial charge in [-0.25, -0.2) is 0 Å². The van der Waals surface area contributed by atoms with E-state index >= 15 is 0 Å². The first-order valence-electron chi connectivity index (χ1n) is 6.01. The molecule has 0 saturated heterocycles. The van der Waals surface area contributed by atoms with Crippen LogP contribution < -0.4 is 0 Å². The van der Waals surface area contributed by atoms with Gasteiger partial charge in [0.15, 0.2) is 5.78 Å². The van der Waals surface area contributed by atoms with E-state index in [1.165, 1.54) is 4.90 Å². The fourth-order valence-electron chi connectivity index (χ4n) is 1.44. The van der Waals surface area contributed by atoms with Crippen molar-refractivity contribution in [2.45, 2.75) is 37.3 Å². The summed E-state index contributed by atoms with van der Waals surface area (Å²) in [5.74, 6) is 2.24. The van der Waals surface area contributed by atoms with Gasteiger partial charge >= 0.3 is 0 Å². The highest BCUT2D eigenvalue weighted by molar-refractivity contribution is 7.99. The lowest BCUT2D eigenvalue weighted by Crippen LogP contribution is -2.01. The molecule has 0 heterocycles. The summed E-state index contributed by atoms with van der Waals surface area (Å²) in [5, 5.41) is 0.603. The van der Waals surface area contributed by atoms with Gasteiger partial charge in [0.2, 0.25) is 0 Å². The maximum atomic E-state index is 11.9. The number of carbonyl (C=O) groups is 1. The molecule has 3 heteroatoms. The number of carbonyl (C=O) groups excluding carboxylic acids is 1. The summed E-state index contributed by atoms with van der Waals surface area (Å²) < 4.78 is 0. The van der Waals surface area contributed by atoms with Crippen LogP contribution in [0.1, 0.15) is 37.6 Å². The van der Waals surface area contributed by atoms with Crippen LogP contribution in [0.4, 0.5) is 0 Å². The predicted molar refractivity (Wildman–Crippen MR) is 79.4 cm³/mol. The van der Waals surface area contributed by atoms with Gasteiger partial charge in [-0.05, 0) is 23.1 Å². The SMILES string of the molecule is CCSc1ccc(C(=O)CCSC(C)C)cc1. The molecule has 0 aliphatic rings. The summed E-state index contributed by atoms with van der Waals surface area (Å²) in [6, 6.07) is 7.97. The molecule has 0 bridgehead atoms. The molecule has 0 aliphatic heterocycles. The zero-order valence-corrected chi connectivity index (χ0v) is 12.4. The number of rotatable bonds is 7. The van der Waals surface area contributed by atoms with Crippen molar-refractivity contribution >= 4 is 29.3 Å². The molecular weight excluding hydrogens is 248 g/mol. The molecule has 1 nitrogen and oxygen atoms in total. The average Bonchev–Trinajstić information content (AvgIpc) is 2.30. The van der Waals surface area contributed by atoms with Crippen molar-refractivity contribution in [3.63, 3.8) is 0 Å². The fraction of sp³-hybridized carbons (Fsp3) is 0.500. The highest BCUT2D eigenvalue weighted by Gasteiger charge is 2.06. The first-order valence-corrected chi connectivity index (χ1v) is 8.04. The minimum absolute atomic E-state index is 0.256. The first-order chi connectivity index (χ1) is 8.13. The third-order valence-electron chi connectivity index (χ3n) is 2.27. The molecule has 0 N–H and O–H groups in total. The van der Waals surface area contributed by atoms with Crippen LogP contribution in [0.3, 0.4) is 0 Å². The first kappa shape index (κ1) is 14.7. The normalized spacial score (nSPS) is 10.8. The van der Waals surface area contributed by atoms with E-state index in [1.54, 1.807) is 11.8 Å². The second-order valence-corrected chi connectivity index (χ2v) is 7.07. The maximum absolute atomic E-state index is 11.9. The topological polar surface area (TPSA) is 17.1 Å². The van der Waals surface area contributed by atoms with Crippen molar-refractivity contribution < 1.29 is 4.79 Å². The van der Waals surface area contributed by atoms with E-state index in [0.717, 1.165) is 17.1 Å². The van der Waals surface area contributed by atoms with Crippen molar-refractivity contribution in [1.29, 1.82) is 0 Å². The molecule has 17 heavy (non-hydrogen) atoms. The lowest BCUT2D eigenvalue weighted by atomic mass is 10.1. The molecule has 0 aliphatic carbocycles. The molecule has 0 atom stereocenters.